The van der Waals surface area contributed by atoms with E-state index in [4.69, 9.17) is 0 Å². The van der Waals surface area contributed by atoms with Crippen LogP contribution in [-0.4, -0.2) is 32.0 Å². The summed E-state index contributed by atoms with van der Waals surface area (Å²) in [5.41, 5.74) is 1.72. The number of aromatic nitrogens is 3. The Morgan fingerprint density at radius 2 is 2.24 bits per heavy atom. The summed E-state index contributed by atoms with van der Waals surface area (Å²) in [6, 6.07) is 5.95. The highest BCUT2D eigenvalue weighted by Gasteiger charge is 2.34. The number of pyridine rings is 1. The van der Waals surface area contributed by atoms with E-state index < -0.39 is 5.60 Å². The van der Waals surface area contributed by atoms with Gasteiger partial charge in [0.05, 0.1) is 11.8 Å². The van der Waals surface area contributed by atoms with Gasteiger partial charge in [0.2, 0.25) is 0 Å². The predicted molar refractivity (Wildman–Crippen MR) is 81.3 cm³/mol. The Balaban J connectivity index is 1.72. The molecule has 21 heavy (non-hydrogen) atoms. The molecule has 0 aliphatic heterocycles. The van der Waals surface area contributed by atoms with Crippen molar-refractivity contribution in [1.82, 2.24) is 20.1 Å². The molecule has 0 spiro atoms. The summed E-state index contributed by atoms with van der Waals surface area (Å²) < 4.78 is 1.85. The van der Waals surface area contributed by atoms with Crippen molar-refractivity contribution in [3.8, 4) is 5.82 Å². The summed E-state index contributed by atoms with van der Waals surface area (Å²) in [4.78, 5) is 4.33. The number of nitrogens with zero attached hydrogens (tertiary/aromatic N) is 3. The maximum Gasteiger partial charge on any atom is 0.153 e. The maximum atomic E-state index is 10.2. The summed E-state index contributed by atoms with van der Waals surface area (Å²) in [5.74, 6) is 0.825. The third-order valence-electron chi connectivity index (χ3n) is 4.40. The molecule has 2 N–H and O–H groups in total. The second-order valence-corrected chi connectivity index (χ2v) is 5.97. The highest BCUT2D eigenvalue weighted by molar-refractivity contribution is 5.29. The Bertz CT molecular complexity index is 604. The van der Waals surface area contributed by atoms with Gasteiger partial charge < -0.3 is 10.4 Å². The molecule has 0 saturated heterocycles. The highest BCUT2D eigenvalue weighted by Crippen LogP contribution is 2.31. The fourth-order valence-electron chi connectivity index (χ4n) is 2.77. The Kier molecular flexibility index (Phi) is 3.78. The first-order chi connectivity index (χ1) is 10.1. The van der Waals surface area contributed by atoms with E-state index in [2.05, 4.69) is 22.3 Å². The van der Waals surface area contributed by atoms with Crippen molar-refractivity contribution in [2.75, 3.05) is 6.54 Å². The molecule has 0 aromatic carbocycles. The van der Waals surface area contributed by atoms with E-state index in [1.807, 2.05) is 36.0 Å². The molecule has 1 aliphatic rings. The Morgan fingerprint density at radius 1 is 1.43 bits per heavy atom. The quantitative estimate of drug-likeness (QED) is 0.884. The van der Waals surface area contributed by atoms with Crippen molar-refractivity contribution < 1.29 is 5.11 Å². The van der Waals surface area contributed by atoms with Crippen LogP contribution in [0.3, 0.4) is 0 Å². The molecule has 3 rings (SSSR count). The van der Waals surface area contributed by atoms with E-state index in [9.17, 15) is 5.11 Å². The van der Waals surface area contributed by atoms with Crippen LogP contribution in [0.2, 0.25) is 0 Å². The Morgan fingerprint density at radius 3 is 2.86 bits per heavy atom. The fourth-order valence-corrected chi connectivity index (χ4v) is 2.77. The molecule has 5 nitrogen and oxygen atoms in total. The van der Waals surface area contributed by atoms with Crippen LogP contribution in [0.4, 0.5) is 0 Å². The average Bonchev–Trinajstić information content (AvgIpc) is 2.85. The molecular weight excluding hydrogens is 264 g/mol. The van der Waals surface area contributed by atoms with Gasteiger partial charge in [0.15, 0.2) is 5.82 Å². The molecule has 0 radical (unpaired) electrons. The monoisotopic (exact) mass is 286 g/mol. The van der Waals surface area contributed by atoms with Crippen LogP contribution in [0.1, 0.15) is 43.5 Å². The van der Waals surface area contributed by atoms with Gasteiger partial charge in [-0.25, -0.2) is 9.67 Å². The van der Waals surface area contributed by atoms with Crippen LogP contribution in [0.15, 0.2) is 30.6 Å². The van der Waals surface area contributed by atoms with Crippen molar-refractivity contribution in [2.45, 2.75) is 44.8 Å². The van der Waals surface area contributed by atoms with Crippen LogP contribution in [0.5, 0.6) is 0 Å². The van der Waals surface area contributed by atoms with Gasteiger partial charge in [-0.2, -0.15) is 5.10 Å². The zero-order chi connectivity index (χ0) is 14.9. The topological polar surface area (TPSA) is 63.0 Å². The van der Waals surface area contributed by atoms with Crippen LogP contribution >= 0.6 is 0 Å². The van der Waals surface area contributed by atoms with E-state index >= 15 is 0 Å². The first-order valence-electron chi connectivity index (χ1n) is 7.51. The summed E-state index contributed by atoms with van der Waals surface area (Å²) >= 11 is 0. The third kappa shape index (κ3) is 2.84. The first-order valence-corrected chi connectivity index (χ1v) is 7.51. The van der Waals surface area contributed by atoms with Gasteiger partial charge in [-0.05, 0) is 45.2 Å². The molecule has 2 aromatic rings. The SMILES string of the molecule is Cc1c(C(C)NCC2(O)CCC2)cnn1-c1ccccn1. The number of rotatable bonds is 5. The van der Waals surface area contributed by atoms with Gasteiger partial charge in [-0.15, -0.1) is 0 Å². The van der Waals surface area contributed by atoms with Crippen molar-refractivity contribution in [2.24, 2.45) is 0 Å². The molecule has 1 unspecified atom stereocenters. The number of hydrogen-bond donors (Lipinski definition) is 2. The number of hydrogen-bond acceptors (Lipinski definition) is 4. The van der Waals surface area contributed by atoms with Crippen molar-refractivity contribution in [1.29, 1.82) is 0 Å². The van der Waals surface area contributed by atoms with E-state index in [0.717, 1.165) is 36.3 Å². The maximum absolute atomic E-state index is 10.2. The minimum absolute atomic E-state index is 0.159. The minimum Gasteiger partial charge on any atom is -0.389 e. The fraction of sp³-hybridized carbons (Fsp3) is 0.500. The largest absolute Gasteiger partial charge is 0.389 e. The van der Waals surface area contributed by atoms with Crippen LogP contribution in [0, 0.1) is 6.92 Å². The third-order valence-corrected chi connectivity index (χ3v) is 4.40. The summed E-state index contributed by atoms with van der Waals surface area (Å²) in [7, 11) is 0. The lowest BCUT2D eigenvalue weighted by molar-refractivity contribution is -0.0329. The molecule has 1 saturated carbocycles. The molecule has 1 atom stereocenters. The molecule has 0 bridgehead atoms. The summed E-state index contributed by atoms with van der Waals surface area (Å²) in [6.45, 7) is 4.80. The van der Waals surface area contributed by atoms with E-state index in [1.165, 1.54) is 0 Å². The smallest absolute Gasteiger partial charge is 0.153 e. The number of aliphatic hydroxyl groups is 1. The first kappa shape index (κ1) is 14.2. The second kappa shape index (κ2) is 5.58. The van der Waals surface area contributed by atoms with Crippen molar-refractivity contribution >= 4 is 0 Å². The molecular formula is C16H22N4O. The van der Waals surface area contributed by atoms with Crippen LogP contribution in [-0.2, 0) is 0 Å². The van der Waals surface area contributed by atoms with E-state index in [-0.39, 0.29) is 6.04 Å². The van der Waals surface area contributed by atoms with Crippen molar-refractivity contribution in [3.63, 3.8) is 0 Å². The molecule has 2 heterocycles. The highest BCUT2D eigenvalue weighted by atomic mass is 16.3. The molecule has 0 amide bonds. The summed E-state index contributed by atoms with van der Waals surface area (Å²) in [5, 5.41) is 18.0. The molecule has 112 valence electrons. The molecule has 1 fully saturated rings. The van der Waals surface area contributed by atoms with Crippen LogP contribution in [0.25, 0.3) is 5.82 Å². The van der Waals surface area contributed by atoms with Gasteiger partial charge in [0, 0.05) is 30.0 Å². The molecule has 2 aromatic heterocycles. The zero-order valence-electron chi connectivity index (χ0n) is 12.6. The van der Waals surface area contributed by atoms with Gasteiger partial charge in [0.25, 0.3) is 0 Å². The van der Waals surface area contributed by atoms with Gasteiger partial charge >= 0.3 is 0 Å². The van der Waals surface area contributed by atoms with Crippen LogP contribution < -0.4 is 5.32 Å². The number of nitrogens with one attached hydrogen (secondary N) is 1. The standard InChI is InChI=1S/C16H22N4O/c1-12(18-11-16(21)7-5-8-16)14-10-19-20(13(14)2)15-6-3-4-9-17-15/h3-4,6,9-10,12,18,21H,5,7-8,11H2,1-2H3. The normalized spacial score (nSPS) is 18.2. The zero-order valence-corrected chi connectivity index (χ0v) is 12.6. The second-order valence-electron chi connectivity index (χ2n) is 5.97. The van der Waals surface area contributed by atoms with Crippen molar-refractivity contribution in [3.05, 3.63) is 41.9 Å². The molecule has 1 aliphatic carbocycles. The lowest BCUT2D eigenvalue weighted by atomic mass is 9.80. The Hall–Kier alpha value is -1.72. The van der Waals surface area contributed by atoms with Gasteiger partial charge in [0.1, 0.15) is 0 Å². The van der Waals surface area contributed by atoms with E-state index in [0.29, 0.717) is 6.54 Å². The van der Waals surface area contributed by atoms with Gasteiger partial charge in [-0.3, -0.25) is 0 Å². The van der Waals surface area contributed by atoms with Gasteiger partial charge in [-0.1, -0.05) is 6.07 Å². The molecule has 5 heteroatoms. The Labute approximate surface area is 125 Å². The lowest BCUT2D eigenvalue weighted by Crippen LogP contribution is -2.46. The lowest BCUT2D eigenvalue weighted by Gasteiger charge is -2.37. The predicted octanol–water partition coefficient (Wildman–Crippen LogP) is 2.14. The van der Waals surface area contributed by atoms with E-state index in [1.54, 1.807) is 6.20 Å². The summed E-state index contributed by atoms with van der Waals surface area (Å²) in [6.07, 6.45) is 6.58. The average molecular weight is 286 g/mol. The minimum atomic E-state index is -0.501.